The number of rotatable bonds is 8. The molecular weight excluding hydrogens is 380 g/mol. The van der Waals surface area contributed by atoms with Crippen molar-refractivity contribution in [3.05, 3.63) is 50.1 Å². The fourth-order valence-electron chi connectivity index (χ4n) is 2.07. The molecule has 0 aliphatic rings. The third-order valence-electron chi connectivity index (χ3n) is 3.08. The number of hydrogen-bond acceptors (Lipinski definition) is 6. The Hall–Kier alpha value is -1.74. The van der Waals surface area contributed by atoms with Gasteiger partial charge in [-0.05, 0) is 19.1 Å². The van der Waals surface area contributed by atoms with Crippen molar-refractivity contribution in [2.75, 3.05) is 13.1 Å². The number of nitrogens with one attached hydrogen (secondary N) is 2. The molecule has 0 aliphatic heterocycles. The Morgan fingerprint density at radius 3 is 2.72 bits per heavy atom. The van der Waals surface area contributed by atoms with Gasteiger partial charge in [-0.15, -0.1) is 29.3 Å². The summed E-state index contributed by atoms with van der Waals surface area (Å²) >= 11 is 8.82. The second kappa shape index (κ2) is 9.67. The zero-order chi connectivity index (χ0) is 18.2. The van der Waals surface area contributed by atoms with Crippen LogP contribution in [0.25, 0.3) is 0 Å². The van der Waals surface area contributed by atoms with Crippen LogP contribution in [-0.4, -0.2) is 34.8 Å². The second-order valence-corrected chi connectivity index (χ2v) is 8.06. The molecule has 0 saturated heterocycles. The van der Waals surface area contributed by atoms with E-state index >= 15 is 0 Å². The van der Waals surface area contributed by atoms with Crippen LogP contribution in [0.2, 0.25) is 4.34 Å². The smallest absolute Gasteiger partial charge is 0.252 e. The van der Waals surface area contributed by atoms with Gasteiger partial charge in [0.25, 0.3) is 5.91 Å². The molecule has 134 valence electrons. The summed E-state index contributed by atoms with van der Waals surface area (Å²) in [7, 11) is 0. The van der Waals surface area contributed by atoms with Gasteiger partial charge in [-0.25, -0.2) is 4.98 Å². The van der Waals surface area contributed by atoms with Crippen LogP contribution in [0.15, 0.2) is 30.2 Å². The highest BCUT2D eigenvalue weighted by molar-refractivity contribution is 7.16. The molecule has 6 nitrogen and oxygen atoms in total. The summed E-state index contributed by atoms with van der Waals surface area (Å²) < 4.78 is 0.711. The first kappa shape index (κ1) is 19.6. The molecule has 0 aromatic carbocycles. The van der Waals surface area contributed by atoms with Crippen molar-refractivity contribution in [2.45, 2.75) is 19.9 Å². The van der Waals surface area contributed by atoms with Crippen LogP contribution in [0, 0.1) is 6.92 Å². The summed E-state index contributed by atoms with van der Waals surface area (Å²) in [6.45, 7) is 6.85. The maximum absolute atomic E-state index is 12.0. The van der Waals surface area contributed by atoms with Gasteiger partial charge in [-0.2, -0.15) is 0 Å². The number of aromatic nitrogens is 1. The predicted molar refractivity (Wildman–Crippen MR) is 102 cm³/mol. The summed E-state index contributed by atoms with van der Waals surface area (Å²) in [6.07, 6.45) is 1.87. The summed E-state index contributed by atoms with van der Waals surface area (Å²) in [5.74, 6) is -0.601. The van der Waals surface area contributed by atoms with Crippen molar-refractivity contribution in [1.29, 1.82) is 0 Å². The highest BCUT2D eigenvalue weighted by atomic mass is 35.5. The number of hydrogen-bond donors (Lipinski definition) is 2. The Morgan fingerprint density at radius 2 is 2.12 bits per heavy atom. The molecule has 0 bridgehead atoms. The molecule has 0 aliphatic carbocycles. The monoisotopic (exact) mass is 398 g/mol. The normalized spacial score (nSPS) is 10.7. The van der Waals surface area contributed by atoms with Gasteiger partial charge < -0.3 is 0 Å². The number of carbonyl (C=O) groups excluding carboxylic acids is 2. The summed E-state index contributed by atoms with van der Waals surface area (Å²) in [6, 6.07) is 3.76. The van der Waals surface area contributed by atoms with Crippen LogP contribution >= 0.6 is 34.3 Å². The zero-order valence-corrected chi connectivity index (χ0v) is 16.1. The van der Waals surface area contributed by atoms with E-state index in [1.165, 1.54) is 22.7 Å². The Bertz CT molecular complexity index is 744. The first-order valence-electron chi connectivity index (χ1n) is 7.52. The van der Waals surface area contributed by atoms with Gasteiger partial charge in [0.15, 0.2) is 0 Å². The minimum absolute atomic E-state index is 0.137. The van der Waals surface area contributed by atoms with Crippen LogP contribution in [0.4, 0.5) is 0 Å². The average molecular weight is 399 g/mol. The van der Waals surface area contributed by atoms with Gasteiger partial charge in [0, 0.05) is 29.0 Å². The Morgan fingerprint density at radius 1 is 1.36 bits per heavy atom. The van der Waals surface area contributed by atoms with E-state index in [-0.39, 0.29) is 24.8 Å². The summed E-state index contributed by atoms with van der Waals surface area (Å²) in [4.78, 5) is 31.1. The molecule has 0 spiro atoms. The standard InChI is InChI=1S/C16H19ClN4O2S2/c1-3-6-21(8-12-4-5-13(17)25-12)9-15(23)20-19-14(22)7-16-18-11(2)10-24-16/h3-5,10H,1,6-9H2,2H3,(H,19,22)(H,20,23). The maximum atomic E-state index is 12.0. The van der Waals surface area contributed by atoms with E-state index in [1.807, 2.05) is 29.3 Å². The zero-order valence-electron chi connectivity index (χ0n) is 13.8. The van der Waals surface area contributed by atoms with Crippen molar-refractivity contribution in [3.8, 4) is 0 Å². The van der Waals surface area contributed by atoms with E-state index in [4.69, 9.17) is 11.6 Å². The van der Waals surface area contributed by atoms with Crippen LogP contribution in [0.5, 0.6) is 0 Å². The van der Waals surface area contributed by atoms with Crippen LogP contribution in [0.1, 0.15) is 15.6 Å². The lowest BCUT2D eigenvalue weighted by Gasteiger charge is -2.19. The molecule has 0 saturated carbocycles. The Kier molecular flexibility index (Phi) is 7.57. The molecule has 2 amide bonds. The number of amides is 2. The molecule has 0 atom stereocenters. The van der Waals surface area contributed by atoms with Crippen molar-refractivity contribution in [3.63, 3.8) is 0 Å². The number of thiazole rings is 1. The minimum atomic E-state index is -0.303. The number of aryl methyl sites for hydroxylation is 1. The van der Waals surface area contributed by atoms with Gasteiger partial charge in [-0.3, -0.25) is 25.3 Å². The number of carbonyl (C=O) groups is 2. The Balaban J connectivity index is 1.77. The fraction of sp³-hybridized carbons (Fsp3) is 0.312. The average Bonchev–Trinajstić information content (AvgIpc) is 3.14. The second-order valence-electron chi connectivity index (χ2n) is 5.32. The van der Waals surface area contributed by atoms with Gasteiger partial charge in [-0.1, -0.05) is 17.7 Å². The molecule has 2 heterocycles. The molecule has 2 rings (SSSR count). The highest BCUT2D eigenvalue weighted by Crippen LogP contribution is 2.22. The molecule has 0 radical (unpaired) electrons. The lowest BCUT2D eigenvalue weighted by atomic mass is 10.4. The lowest BCUT2D eigenvalue weighted by Crippen LogP contribution is -2.46. The van der Waals surface area contributed by atoms with Crippen molar-refractivity contribution in [1.82, 2.24) is 20.7 Å². The largest absolute Gasteiger partial charge is 0.286 e. The van der Waals surface area contributed by atoms with Crippen molar-refractivity contribution < 1.29 is 9.59 Å². The fourth-order valence-corrected chi connectivity index (χ4v) is 3.97. The lowest BCUT2D eigenvalue weighted by molar-refractivity contribution is -0.129. The number of nitrogens with zero attached hydrogens (tertiary/aromatic N) is 2. The molecule has 0 fully saturated rings. The first-order chi connectivity index (χ1) is 12.0. The number of halogens is 1. The maximum Gasteiger partial charge on any atom is 0.252 e. The topological polar surface area (TPSA) is 74.3 Å². The van der Waals surface area contributed by atoms with Crippen LogP contribution in [-0.2, 0) is 22.6 Å². The van der Waals surface area contributed by atoms with Crippen molar-refractivity contribution >= 4 is 46.1 Å². The molecule has 9 heteroatoms. The third kappa shape index (κ3) is 6.95. The molecule has 0 unspecified atom stereocenters. The van der Waals surface area contributed by atoms with E-state index in [2.05, 4.69) is 22.4 Å². The quantitative estimate of drug-likeness (QED) is 0.529. The van der Waals surface area contributed by atoms with E-state index in [0.29, 0.717) is 22.4 Å². The molecular formula is C16H19ClN4O2S2. The van der Waals surface area contributed by atoms with Crippen molar-refractivity contribution in [2.24, 2.45) is 0 Å². The molecule has 2 N–H and O–H groups in total. The van der Waals surface area contributed by atoms with Gasteiger partial charge in [0.1, 0.15) is 5.01 Å². The van der Waals surface area contributed by atoms with Gasteiger partial charge >= 0.3 is 0 Å². The summed E-state index contributed by atoms with van der Waals surface area (Å²) in [5, 5.41) is 2.60. The van der Waals surface area contributed by atoms with Crippen LogP contribution < -0.4 is 10.9 Å². The van der Waals surface area contributed by atoms with E-state index < -0.39 is 0 Å². The van der Waals surface area contributed by atoms with Crippen LogP contribution in [0.3, 0.4) is 0 Å². The van der Waals surface area contributed by atoms with Gasteiger partial charge in [0.05, 0.1) is 17.3 Å². The summed E-state index contributed by atoms with van der Waals surface area (Å²) in [5.41, 5.74) is 5.72. The van der Waals surface area contributed by atoms with E-state index in [0.717, 1.165) is 10.6 Å². The van der Waals surface area contributed by atoms with Gasteiger partial charge in [0.2, 0.25) is 5.91 Å². The molecule has 2 aromatic heterocycles. The SMILES string of the molecule is C=CCN(CC(=O)NNC(=O)Cc1nc(C)cs1)Cc1ccc(Cl)s1. The molecule has 25 heavy (non-hydrogen) atoms. The van der Waals surface area contributed by atoms with E-state index in [9.17, 15) is 9.59 Å². The predicted octanol–water partition coefficient (Wildman–Crippen LogP) is 2.54. The minimum Gasteiger partial charge on any atom is -0.286 e. The van der Waals surface area contributed by atoms with E-state index in [1.54, 1.807) is 6.08 Å². The number of hydrazine groups is 1. The first-order valence-corrected chi connectivity index (χ1v) is 9.60. The highest BCUT2D eigenvalue weighted by Gasteiger charge is 2.13. The third-order valence-corrected chi connectivity index (χ3v) is 5.27. The number of thiophene rings is 1. The Labute approximate surface area is 159 Å². The molecule has 2 aromatic rings.